The number of carbonyl (C=O) groups excluding carboxylic acids is 1. The normalized spacial score (nSPS) is 13.1. The van der Waals surface area contributed by atoms with Gasteiger partial charge in [0.05, 0.1) is 10.9 Å². The number of rotatable bonds is 1. The fourth-order valence-corrected chi connectivity index (χ4v) is 1.45. The van der Waals surface area contributed by atoms with E-state index < -0.39 is 12.0 Å². The third-order valence-corrected chi connectivity index (χ3v) is 2.08. The molecule has 0 aliphatic carbocycles. The van der Waals surface area contributed by atoms with Gasteiger partial charge in [0.1, 0.15) is 5.36 Å². The lowest BCUT2D eigenvalue weighted by Gasteiger charge is -1.94. The van der Waals surface area contributed by atoms with E-state index in [0.717, 1.165) is 0 Å². The van der Waals surface area contributed by atoms with E-state index >= 15 is 0 Å². The molecule has 1 aliphatic heterocycles. The summed E-state index contributed by atoms with van der Waals surface area (Å²) >= 11 is 4.02. The van der Waals surface area contributed by atoms with Crippen molar-refractivity contribution < 1.29 is 14.7 Å². The smallest absolute Gasteiger partial charge is 0.368 e. The van der Waals surface area contributed by atoms with Crippen molar-refractivity contribution in [1.29, 1.82) is 0 Å². The molecule has 2 rings (SSSR count). The van der Waals surface area contributed by atoms with Crippen LogP contribution in [0.4, 0.5) is 4.79 Å². The zero-order valence-corrected chi connectivity index (χ0v) is 7.65. The number of nitrogens with zero attached hydrogens (tertiary/aromatic N) is 2. The maximum Gasteiger partial charge on any atom is 0.368 e. The Labute approximate surface area is 83.2 Å². The molecule has 1 aliphatic rings. The van der Waals surface area contributed by atoms with E-state index in [1.54, 1.807) is 0 Å². The van der Waals surface area contributed by atoms with Gasteiger partial charge in [0.15, 0.2) is 0 Å². The summed E-state index contributed by atoms with van der Waals surface area (Å²) in [6.45, 7) is 0. The Bertz CT molecular complexity index is 565. The van der Waals surface area contributed by atoms with Gasteiger partial charge in [-0.05, 0) is 12.1 Å². The van der Waals surface area contributed by atoms with E-state index in [2.05, 4.69) is 22.6 Å². The maximum absolute atomic E-state index is 10.8. The molecule has 0 atom stereocenters. The molecule has 0 fully saturated rings. The quantitative estimate of drug-likeness (QED) is 0.640. The standard InChI is InChI=1S/C8H4N2O3S/c11-7(12)3-1-4-6(5(14)2-3)10-8(13)9-4/h1-2,14H,(H,11,12). The van der Waals surface area contributed by atoms with Crippen molar-refractivity contribution in [3.05, 3.63) is 28.4 Å². The number of aromatic carboxylic acids is 1. The lowest BCUT2D eigenvalue weighted by Crippen LogP contribution is -2.24. The monoisotopic (exact) mass is 208 g/mol. The predicted molar refractivity (Wildman–Crippen MR) is 48.4 cm³/mol. The molecule has 1 aromatic rings. The first-order chi connectivity index (χ1) is 6.58. The van der Waals surface area contributed by atoms with Crippen LogP contribution in [-0.2, 0) is 0 Å². The molecule has 0 spiro atoms. The van der Waals surface area contributed by atoms with Crippen molar-refractivity contribution >= 4 is 24.6 Å². The van der Waals surface area contributed by atoms with E-state index in [4.69, 9.17) is 5.11 Å². The van der Waals surface area contributed by atoms with Crippen molar-refractivity contribution in [1.82, 2.24) is 0 Å². The van der Waals surface area contributed by atoms with Crippen LogP contribution in [0.15, 0.2) is 27.0 Å². The molecule has 0 unspecified atom stereocenters. The summed E-state index contributed by atoms with van der Waals surface area (Å²) in [5.74, 6) is -1.09. The minimum Gasteiger partial charge on any atom is -0.478 e. The van der Waals surface area contributed by atoms with Crippen molar-refractivity contribution in [2.24, 2.45) is 9.98 Å². The molecule has 0 aromatic heterocycles. The van der Waals surface area contributed by atoms with Crippen LogP contribution in [0.5, 0.6) is 0 Å². The van der Waals surface area contributed by atoms with Crippen LogP contribution in [0, 0.1) is 0 Å². The molecule has 70 valence electrons. The SMILES string of the molecule is O=C1N=c2cc(C(=O)O)cc(S)c2=N1. The Morgan fingerprint density at radius 2 is 2.07 bits per heavy atom. The molecule has 14 heavy (non-hydrogen) atoms. The van der Waals surface area contributed by atoms with E-state index in [1.165, 1.54) is 12.1 Å². The molecule has 1 N–H and O–H groups in total. The van der Waals surface area contributed by atoms with Gasteiger partial charge in [-0.2, -0.15) is 9.98 Å². The summed E-state index contributed by atoms with van der Waals surface area (Å²) in [5, 5.41) is 9.32. The van der Waals surface area contributed by atoms with Crippen LogP contribution in [-0.4, -0.2) is 17.1 Å². The van der Waals surface area contributed by atoms with E-state index in [0.29, 0.717) is 10.3 Å². The fraction of sp³-hybridized carbons (Fsp3) is 0. The molecule has 6 heteroatoms. The molecule has 0 bridgehead atoms. The van der Waals surface area contributed by atoms with Crippen LogP contribution in [0.3, 0.4) is 0 Å². The van der Waals surface area contributed by atoms with Crippen molar-refractivity contribution in [2.45, 2.75) is 4.90 Å². The van der Waals surface area contributed by atoms with Gasteiger partial charge in [0.2, 0.25) is 0 Å². The number of benzene rings is 1. The van der Waals surface area contributed by atoms with Gasteiger partial charge in [-0.15, -0.1) is 12.6 Å². The van der Waals surface area contributed by atoms with Crippen molar-refractivity contribution in [2.75, 3.05) is 0 Å². The van der Waals surface area contributed by atoms with Gasteiger partial charge in [-0.25, -0.2) is 9.59 Å². The molecule has 0 saturated carbocycles. The van der Waals surface area contributed by atoms with Gasteiger partial charge in [-0.1, -0.05) is 0 Å². The molecule has 5 nitrogen and oxygen atoms in total. The number of amides is 2. The summed E-state index contributed by atoms with van der Waals surface area (Å²) in [6, 6.07) is 2.01. The molecule has 1 aromatic carbocycles. The van der Waals surface area contributed by atoms with E-state index in [-0.39, 0.29) is 10.9 Å². The molecule has 0 saturated heterocycles. The minimum absolute atomic E-state index is 0.0439. The average molecular weight is 208 g/mol. The second kappa shape index (κ2) is 2.91. The summed E-state index contributed by atoms with van der Waals surface area (Å²) < 4.78 is 0. The Hall–Kier alpha value is -1.69. The van der Waals surface area contributed by atoms with Gasteiger partial charge in [0.25, 0.3) is 0 Å². The van der Waals surface area contributed by atoms with E-state index in [9.17, 15) is 9.59 Å². The van der Waals surface area contributed by atoms with Gasteiger partial charge in [-0.3, -0.25) is 0 Å². The van der Waals surface area contributed by atoms with Crippen LogP contribution in [0.1, 0.15) is 10.4 Å². The van der Waals surface area contributed by atoms with Gasteiger partial charge in [0, 0.05) is 4.90 Å². The molecular weight excluding hydrogens is 204 g/mol. The summed E-state index contributed by atoms with van der Waals surface area (Å²) in [5.41, 5.74) is 0.0439. The zero-order chi connectivity index (χ0) is 10.3. The molecule has 1 heterocycles. The minimum atomic E-state index is -1.09. The summed E-state index contributed by atoms with van der Waals surface area (Å²) in [7, 11) is 0. The predicted octanol–water partition coefficient (Wildman–Crippen LogP) is 0.0463. The first kappa shape index (κ1) is 8.89. The number of urea groups is 1. The number of fused-ring (bicyclic) bond motifs is 1. The van der Waals surface area contributed by atoms with Gasteiger partial charge >= 0.3 is 12.0 Å². The van der Waals surface area contributed by atoms with Crippen LogP contribution in [0.2, 0.25) is 0 Å². The van der Waals surface area contributed by atoms with Crippen LogP contribution < -0.4 is 10.7 Å². The highest BCUT2D eigenvalue weighted by molar-refractivity contribution is 7.80. The first-order valence-electron chi connectivity index (χ1n) is 3.65. The lowest BCUT2D eigenvalue weighted by molar-refractivity contribution is 0.0696. The van der Waals surface area contributed by atoms with Gasteiger partial charge < -0.3 is 5.11 Å². The highest BCUT2D eigenvalue weighted by Crippen LogP contribution is 2.03. The third-order valence-electron chi connectivity index (χ3n) is 1.74. The Morgan fingerprint density at radius 1 is 1.36 bits per heavy atom. The summed E-state index contributed by atoms with van der Waals surface area (Å²) in [6.07, 6.45) is 0. The Balaban J connectivity index is 2.82. The molecule has 0 radical (unpaired) electrons. The summed E-state index contributed by atoms with van der Waals surface area (Å²) in [4.78, 5) is 28.9. The first-order valence-corrected chi connectivity index (χ1v) is 4.10. The number of carboxylic acids is 1. The Kier molecular flexibility index (Phi) is 1.85. The maximum atomic E-state index is 10.8. The average Bonchev–Trinajstić information content (AvgIpc) is 2.45. The van der Waals surface area contributed by atoms with Crippen LogP contribution in [0.25, 0.3) is 0 Å². The molecule has 2 amide bonds. The fourth-order valence-electron chi connectivity index (χ4n) is 1.15. The van der Waals surface area contributed by atoms with E-state index in [1.807, 2.05) is 0 Å². The zero-order valence-electron chi connectivity index (χ0n) is 6.76. The second-order valence-corrected chi connectivity index (χ2v) is 3.16. The number of thiol groups is 1. The number of carbonyl (C=O) groups is 2. The lowest BCUT2D eigenvalue weighted by atomic mass is 10.2. The van der Waals surface area contributed by atoms with Crippen LogP contribution >= 0.6 is 12.6 Å². The highest BCUT2D eigenvalue weighted by atomic mass is 32.1. The largest absolute Gasteiger partial charge is 0.478 e. The highest BCUT2D eigenvalue weighted by Gasteiger charge is 2.11. The topological polar surface area (TPSA) is 79.1 Å². The molecular formula is C8H4N2O3S. The number of carboxylic acid groups (broad SMARTS) is 1. The second-order valence-electron chi connectivity index (χ2n) is 2.67. The van der Waals surface area contributed by atoms with Crippen molar-refractivity contribution in [3.8, 4) is 0 Å². The Morgan fingerprint density at radius 3 is 2.71 bits per heavy atom. The number of hydrogen-bond donors (Lipinski definition) is 2. The number of hydrogen-bond acceptors (Lipinski definition) is 3. The third kappa shape index (κ3) is 1.29. The van der Waals surface area contributed by atoms with Crippen molar-refractivity contribution in [3.63, 3.8) is 0 Å².